The van der Waals surface area contributed by atoms with Gasteiger partial charge in [-0.1, -0.05) is 19.1 Å². The molecule has 19 heavy (non-hydrogen) atoms. The second kappa shape index (κ2) is 5.89. The number of rotatable bonds is 4. The predicted molar refractivity (Wildman–Crippen MR) is 80.3 cm³/mol. The Kier molecular flexibility index (Phi) is 4.22. The molecule has 2 N–H and O–H groups in total. The summed E-state index contributed by atoms with van der Waals surface area (Å²) in [6, 6.07) is 11.6. The summed E-state index contributed by atoms with van der Waals surface area (Å²) in [6.45, 7) is 2.67. The molecule has 0 atom stereocenters. The lowest BCUT2D eigenvalue weighted by Crippen LogP contribution is -2.25. The number of nitrogens with zero attached hydrogens (tertiary/aromatic N) is 1. The summed E-state index contributed by atoms with van der Waals surface area (Å²) < 4.78 is 0. The zero-order valence-corrected chi connectivity index (χ0v) is 12.0. The van der Waals surface area contributed by atoms with E-state index in [9.17, 15) is 4.79 Å². The SMILES string of the molecule is CCc1ccc(C(=O)N(C)Cc2cccc(N)c2)s1. The molecule has 3 nitrogen and oxygen atoms in total. The summed E-state index contributed by atoms with van der Waals surface area (Å²) in [5, 5.41) is 0. The molecule has 1 aromatic heterocycles. The molecule has 2 aromatic rings. The second-order valence-electron chi connectivity index (χ2n) is 4.53. The highest BCUT2D eigenvalue weighted by atomic mass is 32.1. The van der Waals surface area contributed by atoms with Crippen LogP contribution in [0.3, 0.4) is 0 Å². The van der Waals surface area contributed by atoms with Crippen molar-refractivity contribution in [2.24, 2.45) is 0 Å². The van der Waals surface area contributed by atoms with Crippen molar-refractivity contribution in [3.05, 3.63) is 51.7 Å². The number of amides is 1. The Morgan fingerprint density at radius 2 is 2.11 bits per heavy atom. The van der Waals surface area contributed by atoms with Crippen molar-refractivity contribution in [1.29, 1.82) is 0 Å². The molecule has 0 saturated heterocycles. The van der Waals surface area contributed by atoms with Crippen LogP contribution in [0.1, 0.15) is 27.0 Å². The van der Waals surface area contributed by atoms with Crippen molar-refractivity contribution in [3.8, 4) is 0 Å². The highest BCUT2D eigenvalue weighted by molar-refractivity contribution is 7.14. The Hall–Kier alpha value is -1.81. The number of nitrogens with two attached hydrogens (primary N) is 1. The normalized spacial score (nSPS) is 10.4. The fourth-order valence-electron chi connectivity index (χ4n) is 1.91. The van der Waals surface area contributed by atoms with Crippen LogP contribution < -0.4 is 5.73 Å². The summed E-state index contributed by atoms with van der Waals surface area (Å²) in [5.74, 6) is 0.0622. The van der Waals surface area contributed by atoms with E-state index < -0.39 is 0 Å². The largest absolute Gasteiger partial charge is 0.399 e. The van der Waals surface area contributed by atoms with Gasteiger partial charge in [-0.2, -0.15) is 0 Å². The molecule has 0 bridgehead atoms. The average molecular weight is 274 g/mol. The van der Waals surface area contributed by atoms with E-state index in [2.05, 4.69) is 6.92 Å². The molecule has 0 unspecified atom stereocenters. The van der Waals surface area contributed by atoms with Crippen molar-refractivity contribution < 1.29 is 4.79 Å². The molecule has 0 saturated carbocycles. The van der Waals surface area contributed by atoms with E-state index in [1.54, 1.807) is 16.2 Å². The molecule has 1 amide bonds. The van der Waals surface area contributed by atoms with E-state index in [0.717, 1.165) is 22.5 Å². The first-order chi connectivity index (χ1) is 9.10. The third-order valence-electron chi connectivity index (χ3n) is 2.94. The molecule has 1 heterocycles. The number of hydrogen-bond acceptors (Lipinski definition) is 3. The number of nitrogen functional groups attached to an aromatic ring is 1. The van der Waals surface area contributed by atoms with Gasteiger partial charge in [0.1, 0.15) is 0 Å². The summed E-state index contributed by atoms with van der Waals surface area (Å²) in [5.41, 5.74) is 7.51. The smallest absolute Gasteiger partial charge is 0.263 e. The Morgan fingerprint density at radius 3 is 2.74 bits per heavy atom. The molecular weight excluding hydrogens is 256 g/mol. The van der Waals surface area contributed by atoms with Gasteiger partial charge in [-0.25, -0.2) is 0 Å². The molecule has 4 heteroatoms. The van der Waals surface area contributed by atoms with Crippen molar-refractivity contribution in [2.45, 2.75) is 19.9 Å². The number of carbonyl (C=O) groups excluding carboxylic acids is 1. The molecular formula is C15H18N2OS. The minimum absolute atomic E-state index is 0.0622. The van der Waals surface area contributed by atoms with E-state index >= 15 is 0 Å². The maximum atomic E-state index is 12.3. The summed E-state index contributed by atoms with van der Waals surface area (Å²) in [6.07, 6.45) is 0.969. The number of thiophene rings is 1. The first-order valence-corrected chi connectivity index (χ1v) is 7.10. The first-order valence-electron chi connectivity index (χ1n) is 6.28. The number of carbonyl (C=O) groups is 1. The molecule has 100 valence electrons. The monoisotopic (exact) mass is 274 g/mol. The first kappa shape index (κ1) is 13.6. The fourth-order valence-corrected chi connectivity index (χ4v) is 2.85. The van der Waals surface area contributed by atoms with Crippen LogP contribution in [0.25, 0.3) is 0 Å². The molecule has 0 aliphatic heterocycles. The van der Waals surface area contributed by atoms with Crippen LogP contribution in [0.5, 0.6) is 0 Å². The van der Waals surface area contributed by atoms with Gasteiger partial charge in [0, 0.05) is 24.2 Å². The van der Waals surface area contributed by atoms with Gasteiger partial charge in [-0.05, 0) is 36.2 Å². The summed E-state index contributed by atoms with van der Waals surface area (Å²) >= 11 is 1.57. The molecule has 0 fully saturated rings. The predicted octanol–water partition coefficient (Wildman–Crippen LogP) is 3.16. The zero-order valence-electron chi connectivity index (χ0n) is 11.2. The van der Waals surface area contributed by atoms with Gasteiger partial charge in [0.2, 0.25) is 0 Å². The van der Waals surface area contributed by atoms with Crippen LogP contribution in [0.4, 0.5) is 5.69 Å². The molecule has 0 radical (unpaired) electrons. The minimum Gasteiger partial charge on any atom is -0.399 e. The van der Waals surface area contributed by atoms with Gasteiger partial charge < -0.3 is 10.6 Å². The van der Waals surface area contributed by atoms with E-state index in [1.165, 1.54) is 4.88 Å². The molecule has 0 aliphatic rings. The molecule has 0 aliphatic carbocycles. The van der Waals surface area contributed by atoms with Gasteiger partial charge in [-0.3, -0.25) is 4.79 Å². The van der Waals surface area contributed by atoms with Gasteiger partial charge in [0.15, 0.2) is 0 Å². The number of aryl methyl sites for hydroxylation is 1. The van der Waals surface area contributed by atoms with E-state index in [4.69, 9.17) is 5.73 Å². The minimum atomic E-state index is 0.0622. The van der Waals surface area contributed by atoms with Crippen molar-refractivity contribution in [2.75, 3.05) is 12.8 Å². The molecule has 0 spiro atoms. The quantitative estimate of drug-likeness (QED) is 0.870. The van der Waals surface area contributed by atoms with Crippen LogP contribution >= 0.6 is 11.3 Å². The third-order valence-corrected chi connectivity index (χ3v) is 4.16. The van der Waals surface area contributed by atoms with E-state index in [-0.39, 0.29) is 5.91 Å². The van der Waals surface area contributed by atoms with Crippen LogP contribution in [-0.2, 0) is 13.0 Å². The van der Waals surface area contributed by atoms with Crippen LogP contribution in [0, 0.1) is 0 Å². The summed E-state index contributed by atoms with van der Waals surface area (Å²) in [4.78, 5) is 16.0. The van der Waals surface area contributed by atoms with Crippen molar-refractivity contribution >= 4 is 22.9 Å². The van der Waals surface area contributed by atoms with Crippen LogP contribution in [-0.4, -0.2) is 17.9 Å². The Bertz CT molecular complexity index is 577. The van der Waals surface area contributed by atoms with E-state index in [0.29, 0.717) is 6.54 Å². The van der Waals surface area contributed by atoms with Gasteiger partial charge in [-0.15, -0.1) is 11.3 Å². The average Bonchev–Trinajstić information content (AvgIpc) is 2.86. The van der Waals surface area contributed by atoms with Gasteiger partial charge in [0.25, 0.3) is 5.91 Å². The van der Waals surface area contributed by atoms with Crippen molar-refractivity contribution in [1.82, 2.24) is 4.90 Å². The standard InChI is InChI=1S/C15H18N2OS/c1-3-13-7-8-14(19-13)15(18)17(2)10-11-5-4-6-12(16)9-11/h4-9H,3,10,16H2,1-2H3. The lowest BCUT2D eigenvalue weighted by Gasteiger charge is -2.16. The maximum absolute atomic E-state index is 12.3. The Balaban J connectivity index is 2.07. The zero-order chi connectivity index (χ0) is 13.8. The maximum Gasteiger partial charge on any atom is 0.263 e. The topological polar surface area (TPSA) is 46.3 Å². The van der Waals surface area contributed by atoms with Gasteiger partial charge in [0.05, 0.1) is 4.88 Å². The molecule has 2 rings (SSSR count). The number of anilines is 1. The highest BCUT2D eigenvalue weighted by Crippen LogP contribution is 2.19. The van der Waals surface area contributed by atoms with Crippen LogP contribution in [0.2, 0.25) is 0 Å². The Labute approximate surface area is 117 Å². The summed E-state index contributed by atoms with van der Waals surface area (Å²) in [7, 11) is 1.82. The van der Waals surface area contributed by atoms with Gasteiger partial charge >= 0.3 is 0 Å². The van der Waals surface area contributed by atoms with Crippen LogP contribution in [0.15, 0.2) is 36.4 Å². The Morgan fingerprint density at radius 1 is 1.32 bits per heavy atom. The third kappa shape index (κ3) is 3.35. The second-order valence-corrected chi connectivity index (χ2v) is 5.69. The number of hydrogen-bond donors (Lipinski definition) is 1. The fraction of sp³-hybridized carbons (Fsp3) is 0.267. The van der Waals surface area contributed by atoms with E-state index in [1.807, 2.05) is 43.4 Å². The lowest BCUT2D eigenvalue weighted by atomic mass is 10.2. The number of benzene rings is 1. The lowest BCUT2D eigenvalue weighted by molar-refractivity contribution is 0.0790. The highest BCUT2D eigenvalue weighted by Gasteiger charge is 2.14. The van der Waals surface area contributed by atoms with Crippen molar-refractivity contribution in [3.63, 3.8) is 0 Å². The molecule has 1 aromatic carbocycles.